The number of nitrogens with two attached hydrogens (primary N) is 1. The van der Waals surface area contributed by atoms with E-state index in [1.165, 1.54) is 42.5 Å². The van der Waals surface area contributed by atoms with Crippen molar-refractivity contribution in [2.24, 2.45) is 5.73 Å². The molecule has 2 unspecified atom stereocenters. The quantitative estimate of drug-likeness (QED) is 0.272. The molecule has 0 aliphatic rings. The lowest BCUT2D eigenvalue weighted by atomic mass is 9.90. The first-order valence-corrected chi connectivity index (χ1v) is 10.9. The predicted octanol–water partition coefficient (Wildman–Crippen LogP) is 2.04. The molecule has 0 heterocycles. The first kappa shape index (κ1) is 30.0. The Morgan fingerprint density at radius 1 is 1.00 bits per heavy atom. The van der Waals surface area contributed by atoms with Crippen LogP contribution in [0, 0.1) is 17.1 Å². The largest absolute Gasteiger partial charge is 0.449 e. The summed E-state index contributed by atoms with van der Waals surface area (Å²) in [5.74, 6) is -3.18. The molecule has 0 saturated carbocycles. The van der Waals surface area contributed by atoms with Crippen LogP contribution in [0.5, 0.6) is 0 Å². The molecule has 0 aliphatic carbocycles. The molecule has 0 aliphatic heterocycles. The minimum absolute atomic E-state index is 0.308. The molecule has 14 heteroatoms. The van der Waals surface area contributed by atoms with Gasteiger partial charge < -0.3 is 30.4 Å². The molecule has 38 heavy (non-hydrogen) atoms. The zero-order valence-electron chi connectivity index (χ0n) is 19.6. The van der Waals surface area contributed by atoms with Gasteiger partial charge in [-0.25, -0.2) is 14.0 Å². The highest BCUT2D eigenvalue weighted by Crippen LogP contribution is 2.25. The summed E-state index contributed by atoms with van der Waals surface area (Å²) in [5.41, 5.74) is 6.93. The number of primary amides is 1. The summed E-state index contributed by atoms with van der Waals surface area (Å²) in [7, 11) is 0. The normalized spacial score (nSPS) is 13.5. The minimum Gasteiger partial charge on any atom is -0.449 e. The highest BCUT2D eigenvalue weighted by Gasteiger charge is 2.38. The number of nitrogens with one attached hydrogen (secondary N) is 1. The maximum atomic E-state index is 13.2. The van der Waals surface area contributed by atoms with Gasteiger partial charge in [0.1, 0.15) is 18.5 Å². The van der Waals surface area contributed by atoms with E-state index >= 15 is 0 Å². The third kappa shape index (κ3) is 9.34. The number of nitriles is 1. The monoisotopic (exact) mass is 541 g/mol. The van der Waals surface area contributed by atoms with Gasteiger partial charge in [0.2, 0.25) is 5.91 Å². The van der Waals surface area contributed by atoms with E-state index < -0.39 is 67.8 Å². The number of hydrogen-bond donors (Lipinski definition) is 3. The Morgan fingerprint density at radius 3 is 2.11 bits per heavy atom. The molecule has 2 aromatic rings. The van der Waals surface area contributed by atoms with Crippen LogP contribution in [0.15, 0.2) is 48.5 Å². The number of alkyl halides is 3. The Kier molecular flexibility index (Phi) is 11.0. The second kappa shape index (κ2) is 13.9. The van der Waals surface area contributed by atoms with E-state index in [9.17, 15) is 31.9 Å². The van der Waals surface area contributed by atoms with E-state index in [-0.39, 0.29) is 6.61 Å². The second-order valence-electron chi connectivity index (χ2n) is 7.76. The number of aliphatic hydroxyl groups is 1. The maximum absolute atomic E-state index is 13.2. The van der Waals surface area contributed by atoms with E-state index in [2.05, 4.69) is 14.8 Å². The number of hydrogen-bond acceptors (Lipinski definition) is 8. The highest BCUT2D eigenvalue weighted by molar-refractivity contribution is 5.85. The molecule has 0 spiro atoms. The van der Waals surface area contributed by atoms with Gasteiger partial charge in [-0.1, -0.05) is 36.4 Å². The Morgan fingerprint density at radius 2 is 1.58 bits per heavy atom. The molecule has 10 nitrogen and oxygen atoms in total. The number of benzene rings is 2. The van der Waals surface area contributed by atoms with Gasteiger partial charge in [-0.15, -0.1) is 0 Å². The minimum atomic E-state index is -4.95. The number of amides is 2. The number of nitrogens with zero attached hydrogens (tertiary/aromatic N) is 1. The fourth-order valence-electron chi connectivity index (χ4n) is 3.08. The van der Waals surface area contributed by atoms with Crippen LogP contribution in [0.25, 0.3) is 0 Å². The summed E-state index contributed by atoms with van der Waals surface area (Å²) in [6.45, 7) is -3.01. The first-order valence-electron chi connectivity index (χ1n) is 10.9. The lowest BCUT2D eigenvalue weighted by Gasteiger charge is -2.19. The van der Waals surface area contributed by atoms with Crippen molar-refractivity contribution < 1.29 is 51.3 Å². The van der Waals surface area contributed by atoms with Gasteiger partial charge in [0.25, 0.3) is 0 Å². The summed E-state index contributed by atoms with van der Waals surface area (Å²) in [6, 6.07) is 11.3. The van der Waals surface area contributed by atoms with Crippen LogP contribution in [0.1, 0.15) is 22.6 Å². The van der Waals surface area contributed by atoms with Gasteiger partial charge in [0, 0.05) is 0 Å². The number of ether oxygens (including phenoxy) is 3. The lowest BCUT2D eigenvalue weighted by molar-refractivity contribution is -0.217. The molecule has 3 atom stereocenters. The molecule has 2 amide bonds. The zero-order valence-corrected chi connectivity index (χ0v) is 19.6. The smallest absolute Gasteiger partial charge is 0.416 e. The highest BCUT2D eigenvalue weighted by atomic mass is 19.4. The lowest BCUT2D eigenvalue weighted by Crippen LogP contribution is -2.46. The summed E-state index contributed by atoms with van der Waals surface area (Å²) < 4.78 is 64.6. The number of carbonyl (C=O) groups is 3. The molecular weight excluding hydrogens is 518 g/mol. The maximum Gasteiger partial charge on any atom is 0.416 e. The number of carbonyl (C=O) groups excluding carboxylic acids is 3. The van der Waals surface area contributed by atoms with Crippen molar-refractivity contribution in [2.45, 2.75) is 30.8 Å². The third-order valence-electron chi connectivity index (χ3n) is 4.96. The van der Waals surface area contributed by atoms with Crippen molar-refractivity contribution in [3.05, 3.63) is 71.0 Å². The van der Waals surface area contributed by atoms with Gasteiger partial charge in [-0.3, -0.25) is 4.79 Å². The fraction of sp³-hybridized carbons (Fsp3) is 0.333. The SMILES string of the molecule is N#CCOC(=O)[C@H](COCC(O)C(F)(F)F)NC(=O)OCc1ccc(C(C(N)=O)c2ccc(F)cc2)cc1. The molecule has 0 bridgehead atoms. The van der Waals surface area contributed by atoms with Crippen molar-refractivity contribution in [3.63, 3.8) is 0 Å². The average molecular weight is 541 g/mol. The number of aliphatic hydroxyl groups excluding tert-OH is 1. The van der Waals surface area contributed by atoms with Gasteiger partial charge in [-0.05, 0) is 28.8 Å². The fourth-order valence-corrected chi connectivity index (χ4v) is 3.08. The molecule has 0 fully saturated rings. The number of alkyl carbamates (subject to hydrolysis) is 1. The van der Waals surface area contributed by atoms with Crippen LogP contribution in [0.4, 0.5) is 22.4 Å². The van der Waals surface area contributed by atoms with Crippen LogP contribution >= 0.6 is 0 Å². The van der Waals surface area contributed by atoms with E-state index in [1.54, 1.807) is 12.1 Å². The molecule has 4 N–H and O–H groups in total. The van der Waals surface area contributed by atoms with E-state index in [4.69, 9.17) is 20.8 Å². The standard InChI is InChI=1S/C24H23F4N3O7/c25-17-7-5-16(6-8-17)20(21(30)33)15-3-1-14(2-4-15)11-38-23(35)31-18(22(34)37-10-9-29)12-36-13-19(32)24(26,27)28/h1-8,18-20,32H,10-13H2,(H2,30,33)(H,31,35)/t18-,19?,20?/m0/s1. The van der Waals surface area contributed by atoms with Gasteiger partial charge >= 0.3 is 18.2 Å². The van der Waals surface area contributed by atoms with E-state index in [0.29, 0.717) is 16.7 Å². The van der Waals surface area contributed by atoms with E-state index in [1.807, 2.05) is 0 Å². The Hall–Kier alpha value is -4.22. The summed E-state index contributed by atoms with van der Waals surface area (Å²) in [6.07, 6.45) is -8.92. The summed E-state index contributed by atoms with van der Waals surface area (Å²) >= 11 is 0. The van der Waals surface area contributed by atoms with E-state index in [0.717, 1.165) is 0 Å². The van der Waals surface area contributed by atoms with Gasteiger partial charge in [0.15, 0.2) is 18.8 Å². The molecule has 2 rings (SSSR count). The average Bonchev–Trinajstić information content (AvgIpc) is 2.86. The second-order valence-corrected chi connectivity index (χ2v) is 7.76. The van der Waals surface area contributed by atoms with Crippen LogP contribution in [-0.2, 0) is 30.4 Å². The third-order valence-corrected chi connectivity index (χ3v) is 4.96. The molecule has 0 saturated heterocycles. The molecule has 0 radical (unpaired) electrons. The summed E-state index contributed by atoms with van der Waals surface area (Å²) in [5, 5.41) is 19.5. The molecule has 204 valence electrons. The van der Waals surface area contributed by atoms with Crippen LogP contribution in [-0.4, -0.2) is 61.2 Å². The Bertz CT molecular complexity index is 1140. The number of halogens is 4. The van der Waals surface area contributed by atoms with Gasteiger partial charge in [-0.2, -0.15) is 18.4 Å². The number of rotatable bonds is 12. The topological polar surface area (TPSA) is 161 Å². The molecule has 0 aromatic heterocycles. The molecular formula is C24H23F4N3O7. The van der Waals surface area contributed by atoms with Crippen molar-refractivity contribution in [1.82, 2.24) is 5.32 Å². The first-order chi connectivity index (χ1) is 17.9. The molecule has 2 aromatic carbocycles. The predicted molar refractivity (Wildman–Crippen MR) is 120 cm³/mol. The Labute approximate surface area is 213 Å². The van der Waals surface area contributed by atoms with Crippen molar-refractivity contribution in [3.8, 4) is 6.07 Å². The zero-order chi connectivity index (χ0) is 28.3. The van der Waals surface area contributed by atoms with Gasteiger partial charge in [0.05, 0.1) is 19.1 Å². The van der Waals surface area contributed by atoms with Crippen molar-refractivity contribution in [1.29, 1.82) is 5.26 Å². The summed E-state index contributed by atoms with van der Waals surface area (Å²) in [4.78, 5) is 36.2. The van der Waals surface area contributed by atoms with Crippen LogP contribution < -0.4 is 11.1 Å². The van der Waals surface area contributed by atoms with Crippen LogP contribution in [0.3, 0.4) is 0 Å². The number of esters is 1. The van der Waals surface area contributed by atoms with Crippen molar-refractivity contribution >= 4 is 18.0 Å². The van der Waals surface area contributed by atoms with Crippen molar-refractivity contribution in [2.75, 3.05) is 19.8 Å². The van der Waals surface area contributed by atoms with Crippen LogP contribution in [0.2, 0.25) is 0 Å². The Balaban J connectivity index is 1.98.